The normalized spacial score (nSPS) is 23.8. The van der Waals surface area contributed by atoms with E-state index in [1.54, 1.807) is 6.07 Å². The SMILES string of the molecule is CCC(CC)c1ccc(C2(C)CCCN2)cc1F. The quantitative estimate of drug-likeness (QED) is 0.837. The molecule has 1 unspecified atom stereocenters. The summed E-state index contributed by atoms with van der Waals surface area (Å²) in [4.78, 5) is 0. The topological polar surface area (TPSA) is 12.0 Å². The standard InChI is InChI=1S/C16H24FN/c1-4-12(5-2)14-8-7-13(11-15(14)17)16(3)9-6-10-18-16/h7-8,11-12,18H,4-6,9-10H2,1-3H3. The van der Waals surface area contributed by atoms with E-state index in [4.69, 9.17) is 0 Å². The summed E-state index contributed by atoms with van der Waals surface area (Å²) in [5, 5.41) is 3.49. The lowest BCUT2D eigenvalue weighted by Crippen LogP contribution is -2.33. The lowest BCUT2D eigenvalue weighted by atomic mass is 9.87. The van der Waals surface area contributed by atoms with Gasteiger partial charge in [-0.15, -0.1) is 0 Å². The molecule has 0 aliphatic carbocycles. The second-order valence-electron chi connectivity index (χ2n) is 5.61. The molecule has 1 heterocycles. The highest BCUT2D eigenvalue weighted by atomic mass is 19.1. The van der Waals surface area contributed by atoms with Crippen molar-refractivity contribution >= 4 is 0 Å². The van der Waals surface area contributed by atoms with Crippen molar-refractivity contribution in [2.75, 3.05) is 6.54 Å². The van der Waals surface area contributed by atoms with Crippen LogP contribution in [0.3, 0.4) is 0 Å². The molecular weight excluding hydrogens is 225 g/mol. The molecule has 2 rings (SSSR count). The molecule has 0 amide bonds. The summed E-state index contributed by atoms with van der Waals surface area (Å²) in [5.74, 6) is 0.319. The minimum atomic E-state index is -0.0344. The van der Waals surface area contributed by atoms with Gasteiger partial charge in [-0.05, 0) is 62.3 Å². The highest BCUT2D eigenvalue weighted by Gasteiger charge is 2.30. The van der Waals surface area contributed by atoms with Gasteiger partial charge in [0.15, 0.2) is 0 Å². The molecule has 1 nitrogen and oxygen atoms in total. The fourth-order valence-corrected chi connectivity index (χ4v) is 3.07. The van der Waals surface area contributed by atoms with Gasteiger partial charge in [-0.25, -0.2) is 4.39 Å². The smallest absolute Gasteiger partial charge is 0.127 e. The molecule has 0 bridgehead atoms. The molecule has 1 aromatic rings. The van der Waals surface area contributed by atoms with Crippen LogP contribution in [0.1, 0.15) is 63.5 Å². The zero-order chi connectivity index (χ0) is 13.2. The minimum absolute atomic E-state index is 0.0314. The molecule has 18 heavy (non-hydrogen) atoms. The van der Waals surface area contributed by atoms with Gasteiger partial charge < -0.3 is 5.32 Å². The molecule has 0 aromatic heterocycles. The largest absolute Gasteiger partial charge is 0.308 e. The Labute approximate surface area is 110 Å². The van der Waals surface area contributed by atoms with Crippen molar-refractivity contribution in [1.82, 2.24) is 5.32 Å². The third kappa shape index (κ3) is 2.44. The van der Waals surface area contributed by atoms with Crippen LogP contribution < -0.4 is 5.32 Å². The maximum absolute atomic E-state index is 14.3. The molecule has 1 fully saturated rings. The average Bonchev–Trinajstić information content (AvgIpc) is 2.81. The van der Waals surface area contributed by atoms with E-state index in [0.29, 0.717) is 5.92 Å². The van der Waals surface area contributed by atoms with E-state index in [-0.39, 0.29) is 11.4 Å². The van der Waals surface area contributed by atoms with Crippen LogP contribution in [0.15, 0.2) is 18.2 Å². The molecular formula is C16H24FN. The summed E-state index contributed by atoms with van der Waals surface area (Å²) in [6.07, 6.45) is 4.27. The Bertz CT molecular complexity index is 404. The van der Waals surface area contributed by atoms with Gasteiger partial charge in [-0.3, -0.25) is 0 Å². The molecule has 0 radical (unpaired) electrons. The first-order valence-corrected chi connectivity index (χ1v) is 7.15. The Balaban J connectivity index is 2.29. The third-order valence-electron chi connectivity index (χ3n) is 4.43. The predicted octanol–water partition coefficient (Wildman–Crippen LogP) is 4.33. The molecule has 1 N–H and O–H groups in total. The highest BCUT2D eigenvalue weighted by Crippen LogP contribution is 2.33. The fourth-order valence-electron chi connectivity index (χ4n) is 3.07. The van der Waals surface area contributed by atoms with E-state index >= 15 is 0 Å². The number of nitrogens with one attached hydrogen (secondary N) is 1. The van der Waals surface area contributed by atoms with E-state index in [9.17, 15) is 4.39 Å². The number of benzene rings is 1. The van der Waals surface area contributed by atoms with Gasteiger partial charge in [0.25, 0.3) is 0 Å². The maximum atomic E-state index is 14.3. The van der Waals surface area contributed by atoms with E-state index in [1.807, 2.05) is 6.07 Å². The van der Waals surface area contributed by atoms with Crippen LogP contribution in [0.2, 0.25) is 0 Å². The van der Waals surface area contributed by atoms with Crippen molar-refractivity contribution in [2.24, 2.45) is 0 Å². The molecule has 0 spiro atoms. The Hall–Kier alpha value is -0.890. The van der Waals surface area contributed by atoms with Crippen molar-refractivity contribution in [3.8, 4) is 0 Å². The van der Waals surface area contributed by atoms with Crippen LogP contribution in [0.5, 0.6) is 0 Å². The molecule has 1 atom stereocenters. The monoisotopic (exact) mass is 249 g/mol. The van der Waals surface area contributed by atoms with Gasteiger partial charge in [0.2, 0.25) is 0 Å². The zero-order valence-electron chi connectivity index (χ0n) is 11.7. The lowest BCUT2D eigenvalue weighted by Gasteiger charge is -2.26. The first-order chi connectivity index (χ1) is 8.60. The number of rotatable bonds is 4. The number of hydrogen-bond acceptors (Lipinski definition) is 1. The second kappa shape index (κ2) is 5.40. The summed E-state index contributed by atoms with van der Waals surface area (Å²) in [5.41, 5.74) is 1.94. The van der Waals surface area contributed by atoms with E-state index in [0.717, 1.165) is 36.9 Å². The van der Waals surface area contributed by atoms with Crippen LogP contribution >= 0.6 is 0 Å². The lowest BCUT2D eigenvalue weighted by molar-refractivity contribution is 0.430. The summed E-state index contributed by atoms with van der Waals surface area (Å²) < 4.78 is 14.3. The maximum Gasteiger partial charge on any atom is 0.127 e. The van der Waals surface area contributed by atoms with Crippen LogP contribution in [-0.2, 0) is 5.54 Å². The summed E-state index contributed by atoms with van der Waals surface area (Å²) >= 11 is 0. The molecule has 2 heteroatoms. The van der Waals surface area contributed by atoms with Gasteiger partial charge in [-0.2, -0.15) is 0 Å². The molecule has 0 saturated carbocycles. The van der Waals surface area contributed by atoms with Gasteiger partial charge in [-0.1, -0.05) is 26.0 Å². The Kier molecular flexibility index (Phi) is 4.06. The van der Waals surface area contributed by atoms with E-state index in [1.165, 1.54) is 6.42 Å². The van der Waals surface area contributed by atoms with Crippen molar-refractivity contribution in [3.05, 3.63) is 35.1 Å². The molecule has 1 aliphatic heterocycles. The highest BCUT2D eigenvalue weighted by molar-refractivity contribution is 5.32. The Morgan fingerprint density at radius 2 is 2.06 bits per heavy atom. The molecule has 1 saturated heterocycles. The zero-order valence-corrected chi connectivity index (χ0v) is 11.7. The van der Waals surface area contributed by atoms with Crippen molar-refractivity contribution in [1.29, 1.82) is 0 Å². The third-order valence-corrected chi connectivity index (χ3v) is 4.43. The van der Waals surface area contributed by atoms with Crippen LogP contribution in [0.25, 0.3) is 0 Å². The molecule has 1 aromatic carbocycles. The van der Waals surface area contributed by atoms with Gasteiger partial charge >= 0.3 is 0 Å². The first kappa shape index (κ1) is 13.5. The van der Waals surface area contributed by atoms with Crippen LogP contribution in [0, 0.1) is 5.82 Å². The Morgan fingerprint density at radius 1 is 1.33 bits per heavy atom. The first-order valence-electron chi connectivity index (χ1n) is 7.15. The van der Waals surface area contributed by atoms with Gasteiger partial charge in [0, 0.05) is 5.54 Å². The molecule has 100 valence electrons. The summed E-state index contributed by atoms with van der Waals surface area (Å²) in [6.45, 7) is 7.46. The van der Waals surface area contributed by atoms with Gasteiger partial charge in [0.1, 0.15) is 5.82 Å². The van der Waals surface area contributed by atoms with Crippen LogP contribution in [-0.4, -0.2) is 6.54 Å². The van der Waals surface area contributed by atoms with Crippen LogP contribution in [0.4, 0.5) is 4.39 Å². The van der Waals surface area contributed by atoms with E-state index < -0.39 is 0 Å². The van der Waals surface area contributed by atoms with Gasteiger partial charge in [0.05, 0.1) is 0 Å². The number of halogens is 1. The summed E-state index contributed by atoms with van der Waals surface area (Å²) in [6, 6.07) is 5.84. The molecule has 1 aliphatic rings. The summed E-state index contributed by atoms with van der Waals surface area (Å²) in [7, 11) is 0. The van der Waals surface area contributed by atoms with Crippen molar-refractivity contribution < 1.29 is 4.39 Å². The van der Waals surface area contributed by atoms with E-state index in [2.05, 4.69) is 32.2 Å². The van der Waals surface area contributed by atoms with Crippen molar-refractivity contribution in [3.63, 3.8) is 0 Å². The minimum Gasteiger partial charge on any atom is -0.308 e. The Morgan fingerprint density at radius 3 is 2.56 bits per heavy atom. The second-order valence-corrected chi connectivity index (χ2v) is 5.61. The predicted molar refractivity (Wildman–Crippen MR) is 74.3 cm³/mol. The average molecular weight is 249 g/mol. The van der Waals surface area contributed by atoms with Crippen molar-refractivity contribution in [2.45, 2.75) is 57.9 Å². The number of hydrogen-bond donors (Lipinski definition) is 1. The fraction of sp³-hybridized carbons (Fsp3) is 0.625.